The summed E-state index contributed by atoms with van der Waals surface area (Å²) in [5, 5.41) is 11.3. The van der Waals surface area contributed by atoms with Gasteiger partial charge >= 0.3 is 0 Å². The zero-order chi connectivity index (χ0) is 7.78. The van der Waals surface area contributed by atoms with Gasteiger partial charge in [-0.05, 0) is 0 Å². The predicted molar refractivity (Wildman–Crippen MR) is 42.4 cm³/mol. The number of nitrogens with one attached hydrogen (secondary N) is 2. The lowest BCUT2D eigenvalue weighted by atomic mass is 9.88. The summed E-state index contributed by atoms with van der Waals surface area (Å²) in [4.78, 5) is 0. The second-order valence-electron chi connectivity index (χ2n) is 3.58. The summed E-state index contributed by atoms with van der Waals surface area (Å²) in [5.41, 5.74) is 3.82. The van der Waals surface area contributed by atoms with Crippen molar-refractivity contribution >= 4 is 11.5 Å². The fourth-order valence-electron chi connectivity index (χ4n) is 0.814. The Labute approximate surface area is 61.0 Å². The highest BCUT2D eigenvalue weighted by molar-refractivity contribution is 6.08. The van der Waals surface area contributed by atoms with Crippen molar-refractivity contribution in [1.82, 2.24) is 5.43 Å². The van der Waals surface area contributed by atoms with Gasteiger partial charge in [-0.25, -0.2) is 0 Å². The van der Waals surface area contributed by atoms with Gasteiger partial charge in [-0.3, -0.25) is 10.8 Å². The van der Waals surface area contributed by atoms with Crippen LogP contribution < -0.4 is 5.43 Å². The fourth-order valence-corrected chi connectivity index (χ4v) is 0.814. The van der Waals surface area contributed by atoms with Crippen molar-refractivity contribution in [2.75, 3.05) is 0 Å². The highest BCUT2D eigenvalue weighted by atomic mass is 15.3. The van der Waals surface area contributed by atoms with Gasteiger partial charge in [0.05, 0.1) is 5.71 Å². The molecule has 3 nitrogen and oxygen atoms in total. The molecule has 0 amide bonds. The molecule has 1 rings (SSSR count). The van der Waals surface area contributed by atoms with E-state index >= 15 is 0 Å². The maximum atomic E-state index is 7.23. The van der Waals surface area contributed by atoms with Crippen LogP contribution in [0.25, 0.3) is 0 Å². The zero-order valence-electron chi connectivity index (χ0n) is 6.65. The second-order valence-corrected chi connectivity index (χ2v) is 3.58. The first kappa shape index (κ1) is 7.25. The topological polar surface area (TPSA) is 48.2 Å². The molecule has 0 fully saturated rings. The molecule has 56 valence electrons. The summed E-state index contributed by atoms with van der Waals surface area (Å²) in [5.74, 6) is 0.505. The van der Waals surface area contributed by atoms with Gasteiger partial charge in [0.1, 0.15) is 5.84 Å². The van der Waals surface area contributed by atoms with E-state index in [9.17, 15) is 0 Å². The molecule has 3 heteroatoms. The van der Waals surface area contributed by atoms with E-state index in [-0.39, 0.29) is 5.41 Å². The summed E-state index contributed by atoms with van der Waals surface area (Å²) in [6.45, 7) is 6.31. The van der Waals surface area contributed by atoms with Crippen LogP contribution in [0.1, 0.15) is 27.2 Å². The van der Waals surface area contributed by atoms with Crippen LogP contribution in [0.2, 0.25) is 0 Å². The number of amidine groups is 1. The Hall–Kier alpha value is -0.860. The first-order valence-electron chi connectivity index (χ1n) is 3.40. The number of rotatable bonds is 0. The quantitative estimate of drug-likeness (QED) is 0.523. The lowest BCUT2D eigenvalue weighted by Crippen LogP contribution is -2.18. The molecule has 10 heavy (non-hydrogen) atoms. The average Bonchev–Trinajstić information content (AvgIpc) is 2.11. The Morgan fingerprint density at radius 3 is 2.30 bits per heavy atom. The maximum absolute atomic E-state index is 7.23. The van der Waals surface area contributed by atoms with E-state index < -0.39 is 0 Å². The van der Waals surface area contributed by atoms with Crippen molar-refractivity contribution in [2.45, 2.75) is 27.2 Å². The molecule has 0 saturated carbocycles. The Morgan fingerprint density at radius 1 is 1.50 bits per heavy atom. The third kappa shape index (κ3) is 1.35. The van der Waals surface area contributed by atoms with Crippen LogP contribution in [0.3, 0.4) is 0 Å². The molecule has 0 atom stereocenters. The van der Waals surface area contributed by atoms with Crippen LogP contribution in [0.15, 0.2) is 5.10 Å². The fraction of sp³-hybridized carbons (Fsp3) is 0.714. The molecule has 0 aromatic carbocycles. The van der Waals surface area contributed by atoms with Crippen LogP contribution in [0, 0.1) is 10.8 Å². The predicted octanol–water partition coefficient (Wildman–Crippen LogP) is 1.36. The van der Waals surface area contributed by atoms with Crippen LogP contribution in [-0.4, -0.2) is 11.5 Å². The van der Waals surface area contributed by atoms with Gasteiger partial charge in [-0.2, -0.15) is 5.10 Å². The molecule has 0 radical (unpaired) electrons. The highest BCUT2D eigenvalue weighted by Gasteiger charge is 2.23. The zero-order valence-corrected chi connectivity index (χ0v) is 6.65. The number of nitrogens with zero attached hydrogens (tertiary/aromatic N) is 1. The molecule has 1 heterocycles. The Bertz CT molecular complexity index is 186. The van der Waals surface area contributed by atoms with Crippen molar-refractivity contribution in [3.05, 3.63) is 0 Å². The summed E-state index contributed by atoms with van der Waals surface area (Å²) in [6.07, 6.45) is 0.684. The molecular weight excluding hydrogens is 126 g/mol. The number of hydrogen-bond acceptors (Lipinski definition) is 2. The van der Waals surface area contributed by atoms with Gasteiger partial charge in [0.25, 0.3) is 0 Å². The van der Waals surface area contributed by atoms with Crippen LogP contribution >= 0.6 is 0 Å². The van der Waals surface area contributed by atoms with Crippen LogP contribution in [-0.2, 0) is 0 Å². The Kier molecular flexibility index (Phi) is 1.50. The lowest BCUT2D eigenvalue weighted by Gasteiger charge is -2.16. The van der Waals surface area contributed by atoms with Gasteiger partial charge in [0.15, 0.2) is 0 Å². The standard InChI is InChI=1S/C7H13N3/c1-7(2,3)5-4-6(8)10-9-5/h4H2,1-3H3,(H2,8,10). The van der Waals surface area contributed by atoms with Crippen LogP contribution in [0.4, 0.5) is 0 Å². The molecule has 0 saturated heterocycles. The van der Waals surface area contributed by atoms with Crippen molar-refractivity contribution in [3.8, 4) is 0 Å². The summed E-state index contributed by atoms with van der Waals surface area (Å²) in [7, 11) is 0. The molecule has 0 aromatic rings. The maximum Gasteiger partial charge on any atom is 0.119 e. The van der Waals surface area contributed by atoms with Gasteiger partial charge in [0, 0.05) is 11.8 Å². The molecule has 0 aromatic heterocycles. The molecule has 1 aliphatic heterocycles. The van der Waals surface area contributed by atoms with Gasteiger partial charge < -0.3 is 0 Å². The van der Waals surface area contributed by atoms with Gasteiger partial charge in [-0.15, -0.1) is 0 Å². The summed E-state index contributed by atoms with van der Waals surface area (Å²) >= 11 is 0. The molecule has 1 aliphatic rings. The van der Waals surface area contributed by atoms with E-state index in [2.05, 4.69) is 31.3 Å². The van der Waals surface area contributed by atoms with E-state index in [1.165, 1.54) is 0 Å². The van der Waals surface area contributed by atoms with Crippen molar-refractivity contribution in [2.24, 2.45) is 10.5 Å². The minimum absolute atomic E-state index is 0.107. The minimum Gasteiger partial charge on any atom is -0.287 e. The third-order valence-electron chi connectivity index (χ3n) is 1.54. The Morgan fingerprint density at radius 2 is 2.10 bits per heavy atom. The molecule has 0 spiro atoms. The van der Waals surface area contributed by atoms with Gasteiger partial charge in [0.2, 0.25) is 0 Å². The van der Waals surface area contributed by atoms with E-state index in [4.69, 9.17) is 5.41 Å². The van der Waals surface area contributed by atoms with Crippen molar-refractivity contribution in [1.29, 1.82) is 5.41 Å². The van der Waals surface area contributed by atoms with E-state index in [1.807, 2.05) is 0 Å². The molecule has 2 N–H and O–H groups in total. The first-order valence-corrected chi connectivity index (χ1v) is 3.40. The largest absolute Gasteiger partial charge is 0.287 e. The first-order chi connectivity index (χ1) is 4.50. The average molecular weight is 139 g/mol. The SMILES string of the molecule is CC(C)(C)C1=NNC(=N)C1. The highest BCUT2D eigenvalue weighted by Crippen LogP contribution is 2.20. The molecule has 0 unspecified atom stereocenters. The Balaban J connectivity index is 2.69. The number of hydrazone groups is 1. The summed E-state index contributed by atoms with van der Waals surface area (Å²) < 4.78 is 0. The van der Waals surface area contributed by atoms with Crippen LogP contribution in [0.5, 0.6) is 0 Å². The molecule has 0 aliphatic carbocycles. The monoisotopic (exact) mass is 139 g/mol. The third-order valence-corrected chi connectivity index (χ3v) is 1.54. The lowest BCUT2D eigenvalue weighted by molar-refractivity contribution is 0.584. The molecular formula is C7H13N3. The van der Waals surface area contributed by atoms with E-state index in [1.54, 1.807) is 0 Å². The van der Waals surface area contributed by atoms with Crippen molar-refractivity contribution in [3.63, 3.8) is 0 Å². The minimum atomic E-state index is 0.107. The molecule has 0 bridgehead atoms. The van der Waals surface area contributed by atoms with Crippen molar-refractivity contribution < 1.29 is 0 Å². The van der Waals surface area contributed by atoms with Gasteiger partial charge in [-0.1, -0.05) is 20.8 Å². The normalized spacial score (nSPS) is 18.7. The second kappa shape index (κ2) is 2.08. The number of hydrogen-bond donors (Lipinski definition) is 2. The smallest absolute Gasteiger partial charge is 0.119 e. The van der Waals surface area contributed by atoms with E-state index in [0.717, 1.165) is 5.71 Å². The van der Waals surface area contributed by atoms with E-state index in [0.29, 0.717) is 12.3 Å². The summed E-state index contributed by atoms with van der Waals surface area (Å²) in [6, 6.07) is 0.